The Morgan fingerprint density at radius 3 is 2.23 bits per heavy atom. The molecule has 7 nitrogen and oxygen atoms in total. The Morgan fingerprint density at radius 2 is 1.61 bits per heavy atom. The zero-order chi connectivity index (χ0) is 22.3. The highest BCUT2D eigenvalue weighted by Crippen LogP contribution is 2.23. The fourth-order valence-electron chi connectivity index (χ4n) is 2.96. The van der Waals surface area contributed by atoms with E-state index >= 15 is 0 Å². The van der Waals surface area contributed by atoms with Crippen LogP contribution in [-0.4, -0.2) is 19.9 Å². The summed E-state index contributed by atoms with van der Waals surface area (Å²) < 4.78 is 34.1. The van der Waals surface area contributed by atoms with Gasteiger partial charge in [0.25, 0.3) is 5.69 Å². The molecule has 1 N–H and O–H groups in total. The lowest BCUT2D eigenvalue weighted by Gasteiger charge is -2.19. The second-order valence-electron chi connectivity index (χ2n) is 6.80. The number of non-ortho nitro benzene ring substituents is 1. The summed E-state index contributed by atoms with van der Waals surface area (Å²) in [7, 11) is -3.91. The largest absolute Gasteiger partial charge is 0.377 e. The summed E-state index contributed by atoms with van der Waals surface area (Å²) in [6.07, 6.45) is 0.390. The topological polar surface area (TPSA) is 98.5 Å². The van der Waals surface area contributed by atoms with Crippen molar-refractivity contribution in [3.8, 4) is 0 Å². The van der Waals surface area contributed by atoms with Crippen molar-refractivity contribution in [1.29, 1.82) is 0 Å². The number of sulfonamides is 1. The van der Waals surface area contributed by atoms with Gasteiger partial charge < -0.3 is 4.74 Å². The van der Waals surface area contributed by atoms with Crippen LogP contribution < -0.4 is 4.72 Å². The number of nitro benzene ring substituents is 1. The van der Waals surface area contributed by atoms with E-state index in [0.717, 1.165) is 23.3 Å². The van der Waals surface area contributed by atoms with Crippen molar-refractivity contribution in [2.45, 2.75) is 24.0 Å². The minimum atomic E-state index is -3.91. The van der Waals surface area contributed by atoms with Crippen LogP contribution in [0, 0.1) is 10.1 Å². The van der Waals surface area contributed by atoms with E-state index in [9.17, 15) is 18.5 Å². The normalized spacial score (nSPS) is 12.4. The van der Waals surface area contributed by atoms with Crippen LogP contribution in [0.2, 0.25) is 5.02 Å². The lowest BCUT2D eigenvalue weighted by Crippen LogP contribution is -2.29. The summed E-state index contributed by atoms with van der Waals surface area (Å²) in [5, 5.41) is 11.4. The number of benzene rings is 3. The molecule has 0 heterocycles. The standard InChI is InChI=1S/C22H21ClN2O5S/c23-19-8-6-18(7-9-19)22(14-15-30-16-17-4-2-1-3-5-17)24-31(28,29)21-12-10-20(11-13-21)25(26)27/h1-13,22,24H,14-16H2. The summed E-state index contributed by atoms with van der Waals surface area (Å²) in [4.78, 5) is 10.2. The minimum absolute atomic E-state index is 0.0535. The van der Waals surface area contributed by atoms with E-state index in [1.165, 1.54) is 12.1 Å². The average Bonchev–Trinajstić information content (AvgIpc) is 2.77. The van der Waals surface area contributed by atoms with Crippen molar-refractivity contribution in [3.63, 3.8) is 0 Å². The summed E-state index contributed by atoms with van der Waals surface area (Å²) in [6, 6.07) is 20.7. The lowest BCUT2D eigenvalue weighted by molar-refractivity contribution is -0.384. The highest BCUT2D eigenvalue weighted by atomic mass is 35.5. The fourth-order valence-corrected chi connectivity index (χ4v) is 4.34. The summed E-state index contributed by atoms with van der Waals surface area (Å²) >= 11 is 5.96. The molecule has 0 saturated carbocycles. The molecule has 0 radical (unpaired) electrons. The number of hydrogen-bond donors (Lipinski definition) is 1. The van der Waals surface area contributed by atoms with Gasteiger partial charge in [-0.25, -0.2) is 13.1 Å². The first kappa shape index (κ1) is 22.9. The highest BCUT2D eigenvalue weighted by Gasteiger charge is 2.22. The van der Waals surface area contributed by atoms with Crippen LogP contribution in [0.1, 0.15) is 23.6 Å². The average molecular weight is 461 g/mol. The van der Waals surface area contributed by atoms with Crippen molar-refractivity contribution < 1.29 is 18.1 Å². The van der Waals surface area contributed by atoms with Crippen LogP contribution in [0.15, 0.2) is 83.8 Å². The third-order valence-electron chi connectivity index (χ3n) is 4.59. The van der Waals surface area contributed by atoms with Crippen molar-refractivity contribution in [2.24, 2.45) is 0 Å². The first-order valence-electron chi connectivity index (χ1n) is 9.49. The minimum Gasteiger partial charge on any atom is -0.377 e. The number of nitro groups is 1. The van der Waals surface area contributed by atoms with E-state index in [2.05, 4.69) is 4.72 Å². The van der Waals surface area contributed by atoms with Crippen molar-refractivity contribution in [3.05, 3.63) is 105 Å². The molecule has 1 atom stereocenters. The molecule has 0 bridgehead atoms. The van der Waals surface area contributed by atoms with E-state index in [4.69, 9.17) is 16.3 Å². The molecule has 0 aliphatic rings. The van der Waals surface area contributed by atoms with Crippen LogP contribution in [0.5, 0.6) is 0 Å². The van der Waals surface area contributed by atoms with Crippen LogP contribution in [0.4, 0.5) is 5.69 Å². The van der Waals surface area contributed by atoms with Crippen LogP contribution >= 0.6 is 11.6 Å². The number of nitrogens with zero attached hydrogens (tertiary/aromatic N) is 1. The molecule has 0 saturated heterocycles. The van der Waals surface area contributed by atoms with Gasteiger partial charge in [0, 0.05) is 29.8 Å². The summed E-state index contributed by atoms with van der Waals surface area (Å²) in [6.45, 7) is 0.744. The molecule has 162 valence electrons. The first-order chi connectivity index (χ1) is 14.8. The number of halogens is 1. The third kappa shape index (κ3) is 6.60. The molecule has 0 aliphatic carbocycles. The van der Waals surface area contributed by atoms with Gasteiger partial charge in [0.05, 0.1) is 16.4 Å². The number of ether oxygens (including phenoxy) is 1. The van der Waals surface area contributed by atoms with E-state index in [-0.39, 0.29) is 10.6 Å². The molecule has 1 unspecified atom stereocenters. The van der Waals surface area contributed by atoms with Gasteiger partial charge in [0.2, 0.25) is 10.0 Å². The molecule has 0 spiro atoms. The maximum absolute atomic E-state index is 12.9. The van der Waals surface area contributed by atoms with Gasteiger partial charge in [-0.05, 0) is 41.8 Å². The lowest BCUT2D eigenvalue weighted by atomic mass is 10.1. The smallest absolute Gasteiger partial charge is 0.269 e. The van der Waals surface area contributed by atoms with Crippen molar-refractivity contribution >= 4 is 27.3 Å². The predicted octanol–water partition coefficient (Wildman–Crippen LogP) is 4.87. The van der Waals surface area contributed by atoms with Crippen LogP contribution in [-0.2, 0) is 21.4 Å². The Balaban J connectivity index is 1.72. The molecule has 0 aromatic heterocycles. The zero-order valence-electron chi connectivity index (χ0n) is 16.5. The molecule has 0 amide bonds. The summed E-state index contributed by atoms with van der Waals surface area (Å²) in [5.41, 5.74) is 1.58. The number of rotatable bonds is 10. The molecule has 3 rings (SSSR count). The second-order valence-corrected chi connectivity index (χ2v) is 8.95. The maximum atomic E-state index is 12.9. The van der Waals surface area contributed by atoms with Gasteiger partial charge in [-0.15, -0.1) is 0 Å². The SMILES string of the molecule is O=[N+]([O-])c1ccc(S(=O)(=O)NC(CCOCc2ccccc2)c2ccc(Cl)cc2)cc1. The van der Waals surface area contributed by atoms with E-state index < -0.39 is 21.0 Å². The van der Waals surface area contributed by atoms with Gasteiger partial charge in [0.15, 0.2) is 0 Å². The number of hydrogen-bond acceptors (Lipinski definition) is 5. The molecular weight excluding hydrogens is 440 g/mol. The van der Waals surface area contributed by atoms with E-state index in [1.807, 2.05) is 30.3 Å². The van der Waals surface area contributed by atoms with E-state index in [0.29, 0.717) is 24.7 Å². The van der Waals surface area contributed by atoms with Crippen molar-refractivity contribution in [2.75, 3.05) is 6.61 Å². The van der Waals surface area contributed by atoms with Gasteiger partial charge in [0.1, 0.15) is 0 Å². The Labute approximate surface area is 185 Å². The summed E-state index contributed by atoms with van der Waals surface area (Å²) in [5.74, 6) is 0. The molecule has 31 heavy (non-hydrogen) atoms. The van der Waals surface area contributed by atoms with Gasteiger partial charge >= 0.3 is 0 Å². The Morgan fingerprint density at radius 1 is 0.968 bits per heavy atom. The van der Waals surface area contributed by atoms with Gasteiger partial charge in [-0.3, -0.25) is 10.1 Å². The predicted molar refractivity (Wildman–Crippen MR) is 118 cm³/mol. The first-order valence-corrected chi connectivity index (χ1v) is 11.4. The Kier molecular flexibility index (Phi) is 7.75. The van der Waals surface area contributed by atoms with Crippen molar-refractivity contribution in [1.82, 2.24) is 4.72 Å². The quantitative estimate of drug-likeness (QED) is 0.264. The van der Waals surface area contributed by atoms with E-state index in [1.54, 1.807) is 24.3 Å². The van der Waals surface area contributed by atoms with Crippen LogP contribution in [0.3, 0.4) is 0 Å². The molecule has 3 aromatic carbocycles. The van der Waals surface area contributed by atoms with Gasteiger partial charge in [-0.1, -0.05) is 54.1 Å². The Bertz CT molecular complexity index is 1100. The number of nitrogens with one attached hydrogen (secondary N) is 1. The fraction of sp³-hybridized carbons (Fsp3) is 0.182. The second kappa shape index (κ2) is 10.5. The molecule has 9 heteroatoms. The monoisotopic (exact) mass is 460 g/mol. The molecule has 3 aromatic rings. The highest BCUT2D eigenvalue weighted by molar-refractivity contribution is 7.89. The molecule has 0 aliphatic heterocycles. The Hall–Kier alpha value is -2.78. The zero-order valence-corrected chi connectivity index (χ0v) is 18.1. The molecule has 0 fully saturated rings. The van der Waals surface area contributed by atoms with Crippen LogP contribution in [0.25, 0.3) is 0 Å². The van der Waals surface area contributed by atoms with Gasteiger partial charge in [-0.2, -0.15) is 0 Å². The third-order valence-corrected chi connectivity index (χ3v) is 6.33. The molecular formula is C22H21ClN2O5S. The maximum Gasteiger partial charge on any atom is 0.269 e.